The molecule has 9 heteroatoms. The molecule has 0 radical (unpaired) electrons. The molecule has 0 saturated heterocycles. The Hall–Kier alpha value is -2.95. The van der Waals surface area contributed by atoms with Crippen LogP contribution in [0.15, 0.2) is 59.9 Å². The van der Waals surface area contributed by atoms with Gasteiger partial charge in [0.1, 0.15) is 17.2 Å². The second kappa shape index (κ2) is 13.6. The highest BCUT2D eigenvalue weighted by Crippen LogP contribution is 2.34. The summed E-state index contributed by atoms with van der Waals surface area (Å²) in [4.78, 5) is 4.31. The van der Waals surface area contributed by atoms with Gasteiger partial charge in [-0.3, -0.25) is 4.99 Å². The van der Waals surface area contributed by atoms with Crippen LogP contribution in [0, 0.1) is 0 Å². The summed E-state index contributed by atoms with van der Waals surface area (Å²) in [5.41, 5.74) is 3.28. The van der Waals surface area contributed by atoms with E-state index in [0.717, 1.165) is 41.7 Å². The number of nitrogens with one attached hydrogen (secondary N) is 2. The molecule has 0 saturated carbocycles. The van der Waals surface area contributed by atoms with Crippen molar-refractivity contribution < 1.29 is 14.2 Å². The summed E-state index contributed by atoms with van der Waals surface area (Å²) in [6.07, 6.45) is 5.31. The van der Waals surface area contributed by atoms with Crippen LogP contribution in [0.2, 0.25) is 0 Å². The molecule has 0 spiro atoms. The van der Waals surface area contributed by atoms with Gasteiger partial charge in [0.15, 0.2) is 5.96 Å². The van der Waals surface area contributed by atoms with Crippen molar-refractivity contribution in [1.29, 1.82) is 0 Å². The number of hydrogen-bond acceptors (Lipinski definition) is 5. The number of guanidine groups is 1. The number of aliphatic imine (C=N–C) groups is 1. The fourth-order valence-corrected chi connectivity index (χ4v) is 3.41. The topological polar surface area (TPSA) is 81.9 Å². The highest BCUT2D eigenvalue weighted by Gasteiger charge is 2.13. The first kappa shape index (κ1) is 26.3. The summed E-state index contributed by atoms with van der Waals surface area (Å²) in [6.45, 7) is 1.45. The number of rotatable bonds is 10. The van der Waals surface area contributed by atoms with Crippen LogP contribution < -0.4 is 24.8 Å². The Labute approximate surface area is 212 Å². The zero-order valence-electron chi connectivity index (χ0n) is 19.5. The van der Waals surface area contributed by atoms with Gasteiger partial charge in [-0.25, -0.2) is 4.68 Å². The predicted octanol–water partition coefficient (Wildman–Crippen LogP) is 3.47. The predicted molar refractivity (Wildman–Crippen MR) is 142 cm³/mol. The fourth-order valence-electron chi connectivity index (χ4n) is 3.41. The third kappa shape index (κ3) is 7.28. The molecule has 0 aliphatic rings. The van der Waals surface area contributed by atoms with E-state index in [1.807, 2.05) is 29.1 Å². The number of methoxy groups -OCH3 is 3. The van der Waals surface area contributed by atoms with Crippen molar-refractivity contribution in [3.05, 3.63) is 66.0 Å². The van der Waals surface area contributed by atoms with E-state index in [9.17, 15) is 0 Å². The Balaban J connectivity index is 0.00000385. The van der Waals surface area contributed by atoms with Crippen molar-refractivity contribution in [3.63, 3.8) is 0 Å². The van der Waals surface area contributed by atoms with Gasteiger partial charge in [0.2, 0.25) is 0 Å². The Kier molecular flexibility index (Phi) is 10.8. The van der Waals surface area contributed by atoms with E-state index in [4.69, 9.17) is 14.2 Å². The van der Waals surface area contributed by atoms with E-state index in [2.05, 4.69) is 45.0 Å². The molecular weight excluding hydrogens is 533 g/mol. The molecule has 8 nitrogen and oxygen atoms in total. The van der Waals surface area contributed by atoms with Crippen LogP contribution >= 0.6 is 24.0 Å². The second-order valence-electron chi connectivity index (χ2n) is 7.05. The highest BCUT2D eigenvalue weighted by atomic mass is 127. The van der Waals surface area contributed by atoms with Crippen molar-refractivity contribution in [2.24, 2.45) is 4.99 Å². The first-order valence-corrected chi connectivity index (χ1v) is 10.5. The third-order valence-corrected chi connectivity index (χ3v) is 5.12. The van der Waals surface area contributed by atoms with Gasteiger partial charge in [-0.2, -0.15) is 5.10 Å². The van der Waals surface area contributed by atoms with E-state index in [1.165, 1.54) is 5.56 Å². The molecule has 1 aromatic heterocycles. The van der Waals surface area contributed by atoms with Crippen molar-refractivity contribution >= 4 is 29.9 Å². The number of aromatic nitrogens is 2. The molecule has 0 fully saturated rings. The molecule has 0 atom stereocenters. The molecule has 178 valence electrons. The van der Waals surface area contributed by atoms with Gasteiger partial charge in [-0.15, -0.1) is 24.0 Å². The molecule has 0 aliphatic heterocycles. The molecule has 0 unspecified atom stereocenters. The minimum absolute atomic E-state index is 0. The van der Waals surface area contributed by atoms with Crippen LogP contribution in [0.1, 0.15) is 11.1 Å². The van der Waals surface area contributed by atoms with Crippen LogP contribution in [-0.2, 0) is 12.8 Å². The summed E-state index contributed by atoms with van der Waals surface area (Å²) in [6, 6.07) is 14.0. The average Bonchev–Trinajstić information content (AvgIpc) is 3.38. The first-order valence-electron chi connectivity index (χ1n) is 10.5. The standard InChI is InChI=1S/C24H31N5O3.HI/c1-25-24(26-13-10-18-6-8-19(9-7-18)29-15-5-12-28-29)27-14-11-21-22(31-3)16-20(30-2)17-23(21)32-4;/h5-9,12,15-17H,10-11,13-14H2,1-4H3,(H2,25,26,27);1H. The van der Waals surface area contributed by atoms with E-state index in [0.29, 0.717) is 18.7 Å². The largest absolute Gasteiger partial charge is 0.496 e. The molecule has 0 bridgehead atoms. The van der Waals surface area contributed by atoms with Gasteiger partial charge in [-0.05, 0) is 36.6 Å². The molecule has 2 N–H and O–H groups in total. The normalized spacial score (nSPS) is 10.8. The van der Waals surface area contributed by atoms with E-state index >= 15 is 0 Å². The smallest absolute Gasteiger partial charge is 0.190 e. The second-order valence-corrected chi connectivity index (χ2v) is 7.05. The Morgan fingerprint density at radius 2 is 1.58 bits per heavy atom. The van der Waals surface area contributed by atoms with Crippen LogP contribution in [0.5, 0.6) is 17.2 Å². The summed E-state index contributed by atoms with van der Waals surface area (Å²) in [7, 11) is 6.68. The Morgan fingerprint density at radius 3 is 2.09 bits per heavy atom. The fraction of sp³-hybridized carbons (Fsp3) is 0.333. The molecule has 33 heavy (non-hydrogen) atoms. The van der Waals surface area contributed by atoms with Crippen LogP contribution in [0.25, 0.3) is 5.69 Å². The third-order valence-electron chi connectivity index (χ3n) is 5.12. The van der Waals surface area contributed by atoms with Crippen LogP contribution in [0.4, 0.5) is 0 Å². The van der Waals surface area contributed by atoms with Gasteiger partial charge in [0, 0.05) is 50.2 Å². The molecule has 0 amide bonds. The van der Waals surface area contributed by atoms with Gasteiger partial charge in [-0.1, -0.05) is 12.1 Å². The van der Waals surface area contributed by atoms with Gasteiger partial charge < -0.3 is 24.8 Å². The lowest BCUT2D eigenvalue weighted by Gasteiger charge is -2.16. The van der Waals surface area contributed by atoms with Gasteiger partial charge in [0.25, 0.3) is 0 Å². The van der Waals surface area contributed by atoms with Gasteiger partial charge in [0.05, 0.1) is 27.0 Å². The minimum Gasteiger partial charge on any atom is -0.496 e. The maximum Gasteiger partial charge on any atom is 0.190 e. The lowest BCUT2D eigenvalue weighted by atomic mass is 10.1. The maximum atomic E-state index is 5.52. The number of hydrogen-bond donors (Lipinski definition) is 2. The summed E-state index contributed by atoms with van der Waals surface area (Å²) < 4.78 is 18.2. The number of halogens is 1. The zero-order chi connectivity index (χ0) is 22.8. The van der Waals surface area contributed by atoms with Crippen molar-refractivity contribution in [1.82, 2.24) is 20.4 Å². The van der Waals surface area contributed by atoms with Crippen molar-refractivity contribution in [2.45, 2.75) is 12.8 Å². The number of ether oxygens (including phenoxy) is 3. The molecule has 2 aromatic carbocycles. The summed E-state index contributed by atoms with van der Waals surface area (Å²) in [5.74, 6) is 2.93. The van der Waals surface area contributed by atoms with Crippen LogP contribution in [-0.4, -0.2) is 57.2 Å². The number of nitrogens with zero attached hydrogens (tertiary/aromatic N) is 3. The van der Waals surface area contributed by atoms with Crippen molar-refractivity contribution in [3.8, 4) is 22.9 Å². The lowest BCUT2D eigenvalue weighted by Crippen LogP contribution is -2.39. The molecule has 3 aromatic rings. The SMILES string of the molecule is CN=C(NCCc1ccc(-n2cccn2)cc1)NCCc1c(OC)cc(OC)cc1OC.I. The van der Waals surface area contributed by atoms with E-state index in [1.54, 1.807) is 34.6 Å². The maximum absolute atomic E-state index is 5.52. The monoisotopic (exact) mass is 565 g/mol. The molecular formula is C24H32IN5O3. The quantitative estimate of drug-likeness (QED) is 0.223. The van der Waals surface area contributed by atoms with Crippen LogP contribution in [0.3, 0.4) is 0 Å². The first-order chi connectivity index (χ1) is 15.7. The van der Waals surface area contributed by atoms with Crippen molar-refractivity contribution in [2.75, 3.05) is 41.5 Å². The minimum atomic E-state index is 0. The molecule has 3 rings (SSSR count). The van der Waals surface area contributed by atoms with E-state index in [-0.39, 0.29) is 24.0 Å². The van der Waals surface area contributed by atoms with E-state index < -0.39 is 0 Å². The Morgan fingerprint density at radius 1 is 0.939 bits per heavy atom. The number of benzene rings is 2. The lowest BCUT2D eigenvalue weighted by molar-refractivity contribution is 0.368. The highest BCUT2D eigenvalue weighted by molar-refractivity contribution is 14.0. The average molecular weight is 565 g/mol. The zero-order valence-corrected chi connectivity index (χ0v) is 21.8. The molecule has 1 heterocycles. The van der Waals surface area contributed by atoms with Gasteiger partial charge >= 0.3 is 0 Å². The summed E-state index contributed by atoms with van der Waals surface area (Å²) >= 11 is 0. The molecule has 0 aliphatic carbocycles. The summed E-state index contributed by atoms with van der Waals surface area (Å²) in [5, 5.41) is 11.0. The Bertz CT molecular complexity index is 982.